The number of rotatable bonds is 7. The minimum atomic E-state index is -0.950. The van der Waals surface area contributed by atoms with E-state index in [1.54, 1.807) is 12.1 Å². The number of carbonyl (C=O) groups excluding carboxylic acids is 1. The van der Waals surface area contributed by atoms with E-state index in [-0.39, 0.29) is 17.6 Å². The van der Waals surface area contributed by atoms with Crippen LogP contribution >= 0.6 is 0 Å². The van der Waals surface area contributed by atoms with Crippen LogP contribution in [-0.4, -0.2) is 47.9 Å². The van der Waals surface area contributed by atoms with Crippen LogP contribution < -0.4 is 10.1 Å². The van der Waals surface area contributed by atoms with Gasteiger partial charge in [-0.3, -0.25) is 4.79 Å². The van der Waals surface area contributed by atoms with E-state index < -0.39 is 6.29 Å². The molecule has 2 aromatic carbocycles. The zero-order valence-corrected chi connectivity index (χ0v) is 17.8. The maximum atomic E-state index is 12.4. The van der Waals surface area contributed by atoms with E-state index >= 15 is 0 Å². The zero-order valence-electron chi connectivity index (χ0n) is 17.8. The fourth-order valence-corrected chi connectivity index (χ4v) is 4.68. The topological polar surface area (TPSA) is 71.0 Å². The van der Waals surface area contributed by atoms with Crippen LogP contribution in [-0.2, 0) is 16.9 Å². The van der Waals surface area contributed by atoms with Crippen molar-refractivity contribution in [1.82, 2.24) is 10.2 Å². The number of ether oxygens (including phenoxy) is 2. The molecule has 1 saturated heterocycles. The number of fused-ring (bicyclic) bond motifs is 2. The van der Waals surface area contributed by atoms with Crippen molar-refractivity contribution < 1.29 is 19.4 Å². The highest BCUT2D eigenvalue weighted by Crippen LogP contribution is 2.43. The molecule has 1 amide bonds. The number of aliphatic hydroxyl groups is 1. The van der Waals surface area contributed by atoms with E-state index in [9.17, 15) is 9.90 Å². The van der Waals surface area contributed by atoms with Crippen LogP contribution in [0, 0.1) is 0 Å². The van der Waals surface area contributed by atoms with Crippen LogP contribution in [0.15, 0.2) is 48.5 Å². The first-order valence-electron chi connectivity index (χ1n) is 11.3. The molecule has 1 atom stereocenters. The number of piperidine rings is 1. The van der Waals surface area contributed by atoms with Crippen molar-refractivity contribution in [2.24, 2.45) is 0 Å². The number of amides is 1. The van der Waals surface area contributed by atoms with Crippen molar-refractivity contribution in [1.29, 1.82) is 0 Å². The lowest BCUT2D eigenvalue weighted by Crippen LogP contribution is -2.43. The number of hydrogen-bond acceptors (Lipinski definition) is 5. The zero-order chi connectivity index (χ0) is 21.3. The Balaban J connectivity index is 1.12. The maximum absolute atomic E-state index is 12.4. The molecule has 6 heteroatoms. The summed E-state index contributed by atoms with van der Waals surface area (Å²) in [7, 11) is 0. The minimum Gasteiger partial charge on any atom is -0.464 e. The Hall–Kier alpha value is -2.41. The summed E-state index contributed by atoms with van der Waals surface area (Å²) in [5.41, 5.74) is 2.99. The largest absolute Gasteiger partial charge is 0.464 e. The molecule has 5 rings (SSSR count). The van der Waals surface area contributed by atoms with Crippen molar-refractivity contribution in [3.8, 4) is 5.75 Å². The first-order chi connectivity index (χ1) is 15.1. The van der Waals surface area contributed by atoms with Crippen molar-refractivity contribution in [3.05, 3.63) is 65.2 Å². The van der Waals surface area contributed by atoms with Gasteiger partial charge in [-0.2, -0.15) is 0 Å². The Morgan fingerprint density at radius 3 is 2.71 bits per heavy atom. The Kier molecular flexibility index (Phi) is 5.69. The molecule has 2 N–H and O–H groups in total. The van der Waals surface area contributed by atoms with Crippen molar-refractivity contribution in [3.63, 3.8) is 0 Å². The second-order valence-electron chi connectivity index (χ2n) is 8.89. The predicted molar refractivity (Wildman–Crippen MR) is 117 cm³/mol. The third kappa shape index (κ3) is 4.47. The molecular weight excluding hydrogens is 392 g/mol. The summed E-state index contributed by atoms with van der Waals surface area (Å²) in [6, 6.07) is 15.9. The lowest BCUT2D eigenvalue weighted by Gasteiger charge is -2.39. The van der Waals surface area contributed by atoms with E-state index in [2.05, 4.69) is 34.5 Å². The van der Waals surface area contributed by atoms with E-state index in [1.165, 1.54) is 11.1 Å². The summed E-state index contributed by atoms with van der Waals surface area (Å²) < 4.78 is 12.0. The lowest BCUT2D eigenvalue weighted by atomic mass is 9.84. The molecule has 1 aliphatic carbocycles. The molecule has 164 valence electrons. The molecule has 2 aromatic rings. The molecule has 1 unspecified atom stereocenters. The van der Waals surface area contributed by atoms with Crippen LogP contribution in [0.25, 0.3) is 0 Å². The van der Waals surface area contributed by atoms with Crippen LogP contribution in [0.4, 0.5) is 0 Å². The monoisotopic (exact) mass is 422 g/mol. The predicted octanol–water partition coefficient (Wildman–Crippen LogP) is 3.19. The van der Waals surface area contributed by atoms with Gasteiger partial charge in [0, 0.05) is 32.1 Å². The van der Waals surface area contributed by atoms with Gasteiger partial charge in [0.1, 0.15) is 5.75 Å². The van der Waals surface area contributed by atoms with Crippen molar-refractivity contribution in [2.75, 3.05) is 19.6 Å². The molecule has 6 nitrogen and oxygen atoms in total. The molecule has 0 radical (unpaired) electrons. The van der Waals surface area contributed by atoms with E-state index in [1.807, 2.05) is 12.1 Å². The van der Waals surface area contributed by atoms with Crippen LogP contribution in [0.3, 0.4) is 0 Å². The number of benzene rings is 2. The number of hydrogen-bond donors (Lipinski definition) is 2. The molecule has 1 saturated carbocycles. The number of aliphatic hydroxyl groups excluding tert-OH is 1. The third-order valence-electron chi connectivity index (χ3n) is 6.68. The number of nitrogens with one attached hydrogen (secondary N) is 1. The summed E-state index contributed by atoms with van der Waals surface area (Å²) in [6.45, 7) is 3.31. The Labute approximate surface area is 183 Å². The van der Waals surface area contributed by atoms with Gasteiger partial charge in [0.2, 0.25) is 0 Å². The van der Waals surface area contributed by atoms with Crippen molar-refractivity contribution in [2.45, 2.75) is 56.6 Å². The molecule has 1 spiro atoms. The van der Waals surface area contributed by atoms with E-state index in [0.29, 0.717) is 24.3 Å². The van der Waals surface area contributed by atoms with Gasteiger partial charge in [-0.1, -0.05) is 36.4 Å². The normalized spacial score (nSPS) is 20.9. The first-order valence-corrected chi connectivity index (χ1v) is 11.3. The SMILES string of the molecule is O=C(NC1CC1)c1ccccc1OC(O)CCN1CCC2(CC1)OCc1ccccc12. The first kappa shape index (κ1) is 20.5. The highest BCUT2D eigenvalue weighted by molar-refractivity contribution is 5.97. The molecule has 2 heterocycles. The van der Waals surface area contributed by atoms with Crippen LogP contribution in [0.5, 0.6) is 5.75 Å². The lowest BCUT2D eigenvalue weighted by molar-refractivity contribution is -0.0835. The Morgan fingerprint density at radius 1 is 1.16 bits per heavy atom. The van der Waals surface area contributed by atoms with Gasteiger partial charge in [-0.25, -0.2) is 0 Å². The van der Waals surface area contributed by atoms with Crippen molar-refractivity contribution >= 4 is 5.91 Å². The summed E-state index contributed by atoms with van der Waals surface area (Å²) in [5.74, 6) is 0.296. The average Bonchev–Trinajstić information content (AvgIpc) is 3.55. The number of likely N-dealkylation sites (tertiary alicyclic amines) is 1. The third-order valence-corrected chi connectivity index (χ3v) is 6.68. The highest BCUT2D eigenvalue weighted by Gasteiger charge is 2.42. The van der Waals surface area contributed by atoms with Gasteiger partial charge in [0.25, 0.3) is 5.91 Å². The summed E-state index contributed by atoms with van der Waals surface area (Å²) in [5, 5.41) is 13.4. The molecule has 2 aliphatic heterocycles. The minimum absolute atomic E-state index is 0.136. The Bertz CT molecular complexity index is 935. The van der Waals surface area contributed by atoms with Crippen LogP contribution in [0.1, 0.15) is 53.6 Å². The summed E-state index contributed by atoms with van der Waals surface area (Å²) in [4.78, 5) is 14.8. The number of para-hydroxylation sites is 1. The average molecular weight is 423 g/mol. The maximum Gasteiger partial charge on any atom is 0.255 e. The number of nitrogens with zero attached hydrogens (tertiary/aromatic N) is 1. The molecule has 0 bridgehead atoms. The standard InChI is InChI=1S/C25H30N2O4/c28-23(31-22-8-4-2-6-20(22)24(29)26-19-9-10-19)11-14-27-15-12-25(13-16-27)21-7-3-1-5-18(21)17-30-25/h1-8,19,23,28H,9-17H2,(H,26,29). The van der Waals surface area contributed by atoms with E-state index in [4.69, 9.17) is 9.47 Å². The molecule has 0 aromatic heterocycles. The van der Waals surface area contributed by atoms with E-state index in [0.717, 1.165) is 45.3 Å². The van der Waals surface area contributed by atoms with Gasteiger partial charge in [0.15, 0.2) is 6.29 Å². The second kappa shape index (κ2) is 8.61. The molecule has 2 fully saturated rings. The van der Waals surface area contributed by atoms with Crippen LogP contribution in [0.2, 0.25) is 0 Å². The second-order valence-corrected chi connectivity index (χ2v) is 8.89. The highest BCUT2D eigenvalue weighted by atomic mass is 16.6. The smallest absolute Gasteiger partial charge is 0.255 e. The summed E-state index contributed by atoms with van der Waals surface area (Å²) in [6.07, 6.45) is 3.53. The molecular formula is C25H30N2O4. The van der Waals surface area contributed by atoms with Gasteiger partial charge in [-0.05, 0) is 48.9 Å². The van der Waals surface area contributed by atoms with Gasteiger partial charge in [0.05, 0.1) is 17.8 Å². The summed E-state index contributed by atoms with van der Waals surface area (Å²) >= 11 is 0. The van der Waals surface area contributed by atoms with Gasteiger partial charge < -0.3 is 24.8 Å². The Morgan fingerprint density at radius 2 is 1.90 bits per heavy atom. The number of carbonyl (C=O) groups is 1. The quantitative estimate of drug-likeness (QED) is 0.671. The molecule has 3 aliphatic rings. The fraction of sp³-hybridized carbons (Fsp3) is 0.480. The fourth-order valence-electron chi connectivity index (χ4n) is 4.68. The molecule has 31 heavy (non-hydrogen) atoms. The van der Waals surface area contributed by atoms with Gasteiger partial charge in [-0.15, -0.1) is 0 Å². The van der Waals surface area contributed by atoms with Gasteiger partial charge >= 0.3 is 0 Å².